The highest BCUT2D eigenvalue weighted by atomic mass is 35.5. The summed E-state index contributed by atoms with van der Waals surface area (Å²) in [6.07, 6.45) is 0. The third-order valence-electron chi connectivity index (χ3n) is 2.46. The summed E-state index contributed by atoms with van der Waals surface area (Å²) in [6.45, 7) is 6.65. The van der Waals surface area contributed by atoms with Crippen LogP contribution < -0.4 is 5.32 Å². The van der Waals surface area contributed by atoms with Crippen LogP contribution in [0.5, 0.6) is 0 Å². The lowest BCUT2D eigenvalue weighted by atomic mass is 10.2. The average molecular weight is 231 g/mol. The van der Waals surface area contributed by atoms with Crippen molar-refractivity contribution in [1.82, 2.24) is 10.2 Å². The van der Waals surface area contributed by atoms with E-state index in [-0.39, 0.29) is 0 Å². The van der Waals surface area contributed by atoms with E-state index in [0.29, 0.717) is 6.04 Å². The number of halogens is 1. The molecule has 1 atom stereocenters. The van der Waals surface area contributed by atoms with E-state index >= 15 is 0 Å². The van der Waals surface area contributed by atoms with Crippen molar-refractivity contribution < 1.29 is 0 Å². The summed E-state index contributed by atoms with van der Waals surface area (Å²) in [5.41, 5.74) is 0. The minimum Gasteiger partial charge on any atom is -0.312 e. The van der Waals surface area contributed by atoms with Crippen molar-refractivity contribution in [2.24, 2.45) is 0 Å². The summed E-state index contributed by atoms with van der Waals surface area (Å²) in [5.74, 6) is 0. The molecule has 0 aliphatic carbocycles. The summed E-state index contributed by atoms with van der Waals surface area (Å²) < 4.78 is 0.892. The Morgan fingerprint density at radius 2 is 2.50 bits per heavy atom. The molecule has 0 amide bonds. The van der Waals surface area contributed by atoms with Crippen molar-refractivity contribution in [3.05, 3.63) is 21.3 Å². The molecule has 0 radical (unpaired) electrons. The molecule has 2 heterocycles. The highest BCUT2D eigenvalue weighted by Crippen LogP contribution is 2.22. The Bertz CT molecular complexity index is 300. The Balaban J connectivity index is 1.90. The van der Waals surface area contributed by atoms with Crippen LogP contribution in [0.15, 0.2) is 12.1 Å². The number of piperazine rings is 1. The fraction of sp³-hybridized carbons (Fsp3) is 0.600. The Labute approximate surface area is 93.9 Å². The van der Waals surface area contributed by atoms with Gasteiger partial charge in [-0.25, -0.2) is 0 Å². The number of hydrogen-bond acceptors (Lipinski definition) is 3. The summed E-state index contributed by atoms with van der Waals surface area (Å²) in [4.78, 5) is 3.84. The molecule has 0 saturated carbocycles. The first-order valence-corrected chi connectivity index (χ1v) is 6.13. The Hall–Kier alpha value is -0.0900. The normalized spacial score (nSPS) is 24.0. The lowest BCUT2D eigenvalue weighted by molar-refractivity contribution is 0.201. The van der Waals surface area contributed by atoms with E-state index in [1.54, 1.807) is 11.3 Å². The molecule has 0 spiro atoms. The molecule has 78 valence electrons. The van der Waals surface area contributed by atoms with Crippen LogP contribution in [0.25, 0.3) is 0 Å². The molecule has 0 aromatic carbocycles. The fourth-order valence-electron chi connectivity index (χ4n) is 1.81. The molecular formula is C10H15ClN2S. The number of rotatable bonds is 2. The maximum Gasteiger partial charge on any atom is 0.0931 e. The van der Waals surface area contributed by atoms with Gasteiger partial charge in [-0.15, -0.1) is 11.3 Å². The molecule has 0 bridgehead atoms. The van der Waals surface area contributed by atoms with E-state index in [9.17, 15) is 0 Å². The molecule has 1 fully saturated rings. The fourth-order valence-corrected chi connectivity index (χ4v) is 2.94. The van der Waals surface area contributed by atoms with Crippen molar-refractivity contribution in [3.8, 4) is 0 Å². The maximum atomic E-state index is 5.89. The molecule has 1 aromatic rings. The smallest absolute Gasteiger partial charge is 0.0931 e. The van der Waals surface area contributed by atoms with Gasteiger partial charge >= 0.3 is 0 Å². The summed E-state index contributed by atoms with van der Waals surface area (Å²) in [5, 5.41) is 3.44. The van der Waals surface area contributed by atoms with E-state index in [4.69, 9.17) is 11.6 Å². The highest BCUT2D eigenvalue weighted by molar-refractivity contribution is 7.16. The number of thiophene rings is 1. The van der Waals surface area contributed by atoms with Gasteiger partial charge in [0.1, 0.15) is 0 Å². The van der Waals surface area contributed by atoms with Gasteiger partial charge in [0.25, 0.3) is 0 Å². The number of nitrogens with one attached hydrogen (secondary N) is 1. The second kappa shape index (κ2) is 4.62. The van der Waals surface area contributed by atoms with Gasteiger partial charge < -0.3 is 5.32 Å². The Morgan fingerprint density at radius 3 is 3.14 bits per heavy atom. The first-order chi connectivity index (χ1) is 6.74. The van der Waals surface area contributed by atoms with Crippen molar-refractivity contribution in [2.75, 3.05) is 19.6 Å². The summed E-state index contributed by atoms with van der Waals surface area (Å²) in [7, 11) is 0. The van der Waals surface area contributed by atoms with Gasteiger partial charge in [0, 0.05) is 37.1 Å². The maximum absolute atomic E-state index is 5.89. The first kappa shape index (κ1) is 10.4. The number of hydrogen-bond donors (Lipinski definition) is 1. The summed E-state index contributed by atoms with van der Waals surface area (Å²) >= 11 is 7.58. The quantitative estimate of drug-likeness (QED) is 0.838. The van der Waals surface area contributed by atoms with Crippen LogP contribution >= 0.6 is 22.9 Å². The van der Waals surface area contributed by atoms with Crippen LogP contribution in [0.1, 0.15) is 11.8 Å². The summed E-state index contributed by atoms with van der Waals surface area (Å²) in [6, 6.07) is 4.71. The zero-order valence-electron chi connectivity index (χ0n) is 8.29. The monoisotopic (exact) mass is 230 g/mol. The van der Waals surface area contributed by atoms with Crippen LogP contribution in [0.2, 0.25) is 4.34 Å². The topological polar surface area (TPSA) is 15.3 Å². The molecule has 1 saturated heterocycles. The largest absolute Gasteiger partial charge is 0.312 e. The van der Waals surface area contributed by atoms with Crippen LogP contribution in [0.3, 0.4) is 0 Å². The standard InChI is InChI=1S/C10H15ClN2S/c1-8-6-13(5-4-12-8)7-9-2-3-10(11)14-9/h2-3,8,12H,4-7H2,1H3. The molecule has 14 heavy (non-hydrogen) atoms. The average Bonchev–Trinajstić information content (AvgIpc) is 2.51. The van der Waals surface area contributed by atoms with E-state index in [2.05, 4.69) is 23.2 Å². The van der Waals surface area contributed by atoms with Gasteiger partial charge in [-0.2, -0.15) is 0 Å². The van der Waals surface area contributed by atoms with Crippen LogP contribution in [-0.4, -0.2) is 30.6 Å². The van der Waals surface area contributed by atoms with E-state index < -0.39 is 0 Å². The van der Waals surface area contributed by atoms with Crippen molar-refractivity contribution in [2.45, 2.75) is 19.5 Å². The van der Waals surface area contributed by atoms with Gasteiger partial charge in [0.05, 0.1) is 4.34 Å². The second-order valence-corrected chi connectivity index (χ2v) is 5.60. The number of nitrogens with zero attached hydrogens (tertiary/aromatic N) is 1. The molecule has 1 aromatic heterocycles. The third kappa shape index (κ3) is 2.70. The molecule has 1 aliphatic rings. The molecule has 2 nitrogen and oxygen atoms in total. The van der Waals surface area contributed by atoms with Crippen molar-refractivity contribution in [1.29, 1.82) is 0 Å². The lowest BCUT2D eigenvalue weighted by Crippen LogP contribution is -2.48. The van der Waals surface area contributed by atoms with E-state index in [0.717, 1.165) is 30.5 Å². The molecule has 4 heteroatoms. The third-order valence-corrected chi connectivity index (χ3v) is 3.68. The molecule has 2 rings (SSSR count). The Morgan fingerprint density at radius 1 is 1.64 bits per heavy atom. The van der Waals surface area contributed by atoms with Crippen LogP contribution in [-0.2, 0) is 6.54 Å². The molecule has 1 N–H and O–H groups in total. The van der Waals surface area contributed by atoms with Gasteiger partial charge in [-0.1, -0.05) is 11.6 Å². The van der Waals surface area contributed by atoms with Gasteiger partial charge in [0.15, 0.2) is 0 Å². The van der Waals surface area contributed by atoms with Gasteiger partial charge in [-0.3, -0.25) is 4.90 Å². The predicted molar refractivity (Wildman–Crippen MR) is 62.1 cm³/mol. The highest BCUT2D eigenvalue weighted by Gasteiger charge is 2.15. The zero-order chi connectivity index (χ0) is 9.97. The van der Waals surface area contributed by atoms with Crippen LogP contribution in [0, 0.1) is 0 Å². The van der Waals surface area contributed by atoms with Crippen molar-refractivity contribution >= 4 is 22.9 Å². The van der Waals surface area contributed by atoms with Crippen molar-refractivity contribution in [3.63, 3.8) is 0 Å². The minimum absolute atomic E-state index is 0.610. The minimum atomic E-state index is 0.610. The molecule has 1 aliphatic heterocycles. The van der Waals surface area contributed by atoms with Crippen LogP contribution in [0.4, 0.5) is 0 Å². The predicted octanol–water partition coefficient (Wildman–Crippen LogP) is 2.20. The second-order valence-electron chi connectivity index (χ2n) is 3.80. The van der Waals surface area contributed by atoms with Gasteiger partial charge in [-0.05, 0) is 19.1 Å². The Kier molecular flexibility index (Phi) is 3.44. The van der Waals surface area contributed by atoms with E-state index in [1.807, 2.05) is 6.07 Å². The van der Waals surface area contributed by atoms with E-state index in [1.165, 1.54) is 4.88 Å². The first-order valence-electron chi connectivity index (χ1n) is 4.94. The SMILES string of the molecule is CC1CN(Cc2ccc(Cl)s2)CCN1. The molecule has 1 unspecified atom stereocenters. The lowest BCUT2D eigenvalue weighted by Gasteiger charge is -2.31. The zero-order valence-corrected chi connectivity index (χ0v) is 9.87. The molecular weight excluding hydrogens is 216 g/mol. The van der Waals surface area contributed by atoms with Gasteiger partial charge in [0.2, 0.25) is 0 Å².